The lowest BCUT2D eigenvalue weighted by Gasteiger charge is -2.20. The van der Waals surface area contributed by atoms with Crippen molar-refractivity contribution in [3.05, 3.63) is 69.8 Å². The van der Waals surface area contributed by atoms with Crippen LogP contribution in [0.25, 0.3) is 24.3 Å². The highest BCUT2D eigenvalue weighted by Gasteiger charge is 2.21. The Bertz CT molecular complexity index is 2860. The summed E-state index contributed by atoms with van der Waals surface area (Å²) in [4.78, 5) is 0. The van der Waals surface area contributed by atoms with E-state index in [1.54, 1.807) is 0 Å². The second-order valence-corrected chi connectivity index (χ2v) is 42.1. The maximum atomic E-state index is 10.7. The molecule has 0 heterocycles. The van der Waals surface area contributed by atoms with Gasteiger partial charge >= 0.3 is 0 Å². The van der Waals surface area contributed by atoms with Gasteiger partial charge in [-0.2, -0.15) is 0 Å². The summed E-state index contributed by atoms with van der Waals surface area (Å²) in [5.74, 6) is 4.11. The van der Waals surface area contributed by atoms with Gasteiger partial charge in [0.2, 0.25) is 0 Å². The van der Waals surface area contributed by atoms with Gasteiger partial charge in [-0.05, 0) is 98.9 Å². The molecule has 0 aliphatic heterocycles. The minimum Gasteiger partial charge on any atom is -0.493 e. The highest BCUT2D eigenvalue weighted by Crippen LogP contribution is 2.39. The van der Waals surface area contributed by atoms with Crippen molar-refractivity contribution in [2.75, 3.05) is 66.1 Å². The molecule has 0 aliphatic rings. The van der Waals surface area contributed by atoms with Gasteiger partial charge in [0.1, 0.15) is 34.5 Å². The first kappa shape index (κ1) is 126. The topological polar surface area (TPSA) is 136 Å². The van der Waals surface area contributed by atoms with Crippen molar-refractivity contribution in [2.24, 2.45) is 11.8 Å². The van der Waals surface area contributed by atoms with Gasteiger partial charge in [0.15, 0.2) is 0 Å². The van der Waals surface area contributed by atoms with Crippen molar-refractivity contribution in [3.8, 4) is 34.5 Å². The molecule has 10 heteroatoms. The molecule has 0 saturated carbocycles. The van der Waals surface area contributed by atoms with Crippen LogP contribution in [-0.4, -0.2) is 86.5 Å². The fraction of sp³-hybridized carbons (Fsp3) is 0.825. The summed E-state index contributed by atoms with van der Waals surface area (Å²) in [7, 11) is 0. The molecule has 0 unspecified atom stereocenters. The van der Waals surface area contributed by atoms with Gasteiger partial charge in [-0.15, -0.1) is 0 Å². The molecule has 136 heavy (non-hydrogen) atoms. The molecule has 0 amide bonds. The van der Waals surface area contributed by atoms with Crippen LogP contribution in [0.5, 0.6) is 34.5 Å². The van der Waals surface area contributed by atoms with E-state index in [0.717, 1.165) is 145 Å². The molecule has 3 rings (SSSR count). The zero-order valence-corrected chi connectivity index (χ0v) is 91.0. The van der Waals surface area contributed by atoms with Crippen molar-refractivity contribution in [1.29, 1.82) is 0 Å². The Morgan fingerprint density at radius 3 is 0.419 bits per heavy atom. The largest absolute Gasteiger partial charge is 0.493 e. The number of rotatable bonds is 108. The van der Waals surface area contributed by atoms with Crippen LogP contribution >= 0.6 is 0 Å². The van der Waals surface area contributed by atoms with E-state index in [9.17, 15) is 20.4 Å². The van der Waals surface area contributed by atoms with Crippen LogP contribution in [0, 0.1) is 11.8 Å². The fourth-order valence-electron chi connectivity index (χ4n) is 19.7. The SMILES string of the molecule is CCCCCCCCCCCCCCCCOc1cc(/C=C/c2cc(OCCCCCCCCCCCCCCCC)c(CC(CO)CO)cc2OCCCCCCCCCCCCCCCC)c(OCCCCCCCCCCCCCCCC)cc1/C=C/c1cc(OCCCCCCCCCCCCCCCC)c(CC(CO)CO)cc1OCCCCCCCCCCCCCCCC. The Hall–Kier alpha value is -4.22. The van der Waals surface area contributed by atoms with Crippen LogP contribution < -0.4 is 28.4 Å². The standard InChI is InChI=1S/C126H226O10/c1-7-13-19-25-31-37-43-49-55-61-67-73-79-85-95-131-121-103-116(92-94-118-106-126(136-100-90-84-78-72-66-60-54-48-42-36-30-24-18-12-6)120(102-114(111-129)112-130)108-124(118)134-98-88-82-76-70-64-58-52-46-40-34-28-22-16-10-4)122(132-96-86-80-74-68-62-56-50-44-38-32-26-20-14-8-2)104-115(121)91-93-117-105-125(135-99-89-83-77-71-65-59-53-47-41-35-29-23-17-11-5)119(101-113(109-127)110-128)107-123(117)133-97-87-81-75-69-63-57-51-45-39-33-27-21-15-9-3/h91-94,103-108,113-114,127-130H,7-90,95-102,109-112H2,1-6H3/b93-91+,94-92+. The number of ether oxygens (including phenoxy) is 6. The van der Waals surface area contributed by atoms with Crippen LogP contribution in [-0.2, 0) is 12.8 Å². The molecule has 0 atom stereocenters. The number of benzene rings is 3. The van der Waals surface area contributed by atoms with Gasteiger partial charge in [0, 0.05) is 60.5 Å². The average Bonchev–Trinajstić information content (AvgIpc) is 0.797. The summed E-state index contributed by atoms with van der Waals surface area (Å²) >= 11 is 0. The maximum Gasteiger partial charge on any atom is 0.127 e. The van der Waals surface area contributed by atoms with Crippen molar-refractivity contribution < 1.29 is 48.8 Å². The maximum absolute atomic E-state index is 10.7. The molecule has 790 valence electrons. The number of hydrogen-bond acceptors (Lipinski definition) is 10. The molecule has 3 aromatic rings. The quantitative estimate of drug-likeness (QED) is 0.0319. The Morgan fingerprint density at radius 2 is 0.279 bits per heavy atom. The third-order valence-corrected chi connectivity index (χ3v) is 29.0. The predicted molar refractivity (Wildman–Crippen MR) is 595 cm³/mol. The lowest BCUT2D eigenvalue weighted by molar-refractivity contribution is 0.149. The molecule has 10 nitrogen and oxygen atoms in total. The minimum absolute atomic E-state index is 0.115. The Labute approximate surface area is 843 Å². The number of hydrogen-bond donors (Lipinski definition) is 4. The van der Waals surface area contributed by atoms with Crippen molar-refractivity contribution in [3.63, 3.8) is 0 Å². The molecule has 0 radical (unpaired) electrons. The smallest absolute Gasteiger partial charge is 0.127 e. The van der Waals surface area contributed by atoms with Crippen LogP contribution in [0.15, 0.2) is 36.4 Å². The van der Waals surface area contributed by atoms with Crippen molar-refractivity contribution in [2.45, 2.75) is 594 Å². The molecule has 0 aliphatic carbocycles. The number of aliphatic hydroxyl groups is 4. The summed E-state index contributed by atoms with van der Waals surface area (Å²) in [6.45, 7) is 17.0. The lowest BCUT2D eigenvalue weighted by Crippen LogP contribution is -2.15. The van der Waals surface area contributed by atoms with Gasteiger partial charge in [0.05, 0.1) is 39.6 Å². The van der Waals surface area contributed by atoms with E-state index >= 15 is 0 Å². The van der Waals surface area contributed by atoms with Gasteiger partial charge in [0.25, 0.3) is 0 Å². The molecule has 3 aromatic carbocycles. The predicted octanol–water partition coefficient (Wildman–Crippen LogP) is 39.5. The van der Waals surface area contributed by atoms with Gasteiger partial charge in [-0.3, -0.25) is 0 Å². The highest BCUT2D eigenvalue weighted by atomic mass is 16.5. The summed E-state index contributed by atoms with van der Waals surface area (Å²) in [6, 6.07) is 13.1. The first-order valence-corrected chi connectivity index (χ1v) is 60.4. The summed E-state index contributed by atoms with van der Waals surface area (Å²) in [5.41, 5.74) is 5.65. The summed E-state index contributed by atoms with van der Waals surface area (Å²) in [5, 5.41) is 42.7. The molecule has 0 fully saturated rings. The lowest BCUT2D eigenvalue weighted by atomic mass is 9.97. The van der Waals surface area contributed by atoms with Crippen LogP contribution in [0.3, 0.4) is 0 Å². The van der Waals surface area contributed by atoms with E-state index < -0.39 is 0 Å². The van der Waals surface area contributed by atoms with E-state index in [-0.39, 0.29) is 38.3 Å². The molecular weight excluding hydrogens is 1670 g/mol. The normalized spacial score (nSPS) is 11.9. The molecule has 4 N–H and O–H groups in total. The van der Waals surface area contributed by atoms with E-state index in [1.807, 2.05) is 0 Å². The monoisotopic (exact) mass is 1900 g/mol. The Balaban J connectivity index is 2.24. The van der Waals surface area contributed by atoms with Crippen LogP contribution in [0.1, 0.15) is 614 Å². The number of unbranched alkanes of at least 4 members (excludes halogenated alkanes) is 78. The van der Waals surface area contributed by atoms with Crippen molar-refractivity contribution >= 4 is 24.3 Å². The molecule has 0 spiro atoms. The third-order valence-electron chi connectivity index (χ3n) is 29.0. The average molecular weight is 1900 g/mol. The zero-order chi connectivity index (χ0) is 97.3. The Kier molecular flexibility index (Phi) is 90.9. The zero-order valence-electron chi connectivity index (χ0n) is 91.0. The molecular formula is C126H226O10. The van der Waals surface area contributed by atoms with Gasteiger partial charge in [-0.1, -0.05) is 567 Å². The van der Waals surface area contributed by atoms with E-state index in [1.165, 1.54) is 462 Å². The van der Waals surface area contributed by atoms with E-state index in [2.05, 4.69) is 102 Å². The van der Waals surface area contributed by atoms with Crippen LogP contribution in [0.2, 0.25) is 0 Å². The first-order valence-electron chi connectivity index (χ1n) is 60.4. The highest BCUT2D eigenvalue weighted by molar-refractivity contribution is 5.81. The minimum atomic E-state index is -0.328. The summed E-state index contributed by atoms with van der Waals surface area (Å²) in [6.07, 6.45) is 119. The fourth-order valence-corrected chi connectivity index (χ4v) is 19.7. The van der Waals surface area contributed by atoms with Crippen molar-refractivity contribution in [1.82, 2.24) is 0 Å². The molecule has 0 bridgehead atoms. The number of aliphatic hydroxyl groups excluding tert-OH is 4. The van der Waals surface area contributed by atoms with E-state index in [4.69, 9.17) is 28.4 Å². The van der Waals surface area contributed by atoms with E-state index in [0.29, 0.717) is 52.5 Å². The third kappa shape index (κ3) is 72.9. The second-order valence-electron chi connectivity index (χ2n) is 42.1. The second kappa shape index (κ2) is 98.2. The molecule has 0 aromatic heterocycles. The van der Waals surface area contributed by atoms with Crippen LogP contribution in [0.4, 0.5) is 0 Å². The van der Waals surface area contributed by atoms with Gasteiger partial charge in [-0.25, -0.2) is 0 Å². The van der Waals surface area contributed by atoms with Gasteiger partial charge < -0.3 is 48.8 Å². The summed E-state index contributed by atoms with van der Waals surface area (Å²) < 4.78 is 42.3. The Morgan fingerprint density at radius 1 is 0.162 bits per heavy atom. The molecule has 0 saturated heterocycles. The first-order chi connectivity index (χ1) is 67.3.